The summed E-state index contributed by atoms with van der Waals surface area (Å²) in [4.78, 5) is 0. The first-order chi connectivity index (χ1) is 6.38. The van der Waals surface area contributed by atoms with E-state index in [1.165, 1.54) is 10.8 Å². The summed E-state index contributed by atoms with van der Waals surface area (Å²) >= 11 is 1.75. The van der Waals surface area contributed by atoms with Crippen LogP contribution >= 0.6 is 11.8 Å². The standard InChI is InChI=1S/C10H8.C2H6S/c1-2-6-10-8-4-3-7-9(10)5-1;1-3-2/h1-8H;1-2H3. The zero-order valence-electron chi connectivity index (χ0n) is 8.03. The highest BCUT2D eigenvalue weighted by atomic mass is 32.2. The van der Waals surface area contributed by atoms with Crippen molar-refractivity contribution in [3.8, 4) is 0 Å². The highest BCUT2D eigenvalue weighted by Crippen LogP contribution is 2.11. The van der Waals surface area contributed by atoms with Gasteiger partial charge < -0.3 is 0 Å². The first-order valence-electron chi connectivity index (χ1n) is 4.22. The second-order valence-corrected chi connectivity index (χ2v) is 3.57. The molecule has 68 valence electrons. The number of rotatable bonds is 0. The largest absolute Gasteiger partial charge is 0.169 e. The molecule has 0 spiro atoms. The van der Waals surface area contributed by atoms with Crippen molar-refractivity contribution in [3.05, 3.63) is 48.5 Å². The predicted octanol–water partition coefficient (Wildman–Crippen LogP) is 3.82. The summed E-state index contributed by atoms with van der Waals surface area (Å²) in [6.07, 6.45) is 4.08. The Balaban J connectivity index is 0.000000251. The number of fused-ring (bicyclic) bond motifs is 1. The number of hydrogen-bond donors (Lipinski definition) is 0. The fraction of sp³-hybridized carbons (Fsp3) is 0.167. The Morgan fingerprint density at radius 1 is 0.692 bits per heavy atom. The summed E-state index contributed by atoms with van der Waals surface area (Å²) < 4.78 is 0. The van der Waals surface area contributed by atoms with Gasteiger partial charge in [0.15, 0.2) is 0 Å². The van der Waals surface area contributed by atoms with E-state index in [1.807, 2.05) is 12.5 Å². The molecule has 0 radical (unpaired) electrons. The van der Waals surface area contributed by atoms with E-state index in [2.05, 4.69) is 48.5 Å². The van der Waals surface area contributed by atoms with E-state index in [0.717, 1.165) is 0 Å². The first-order valence-corrected chi connectivity index (χ1v) is 5.85. The van der Waals surface area contributed by atoms with Crippen LogP contribution in [0.4, 0.5) is 0 Å². The minimum absolute atomic E-state index is 1.31. The number of thioether (sulfide) groups is 1. The Labute approximate surface area is 84.0 Å². The maximum Gasteiger partial charge on any atom is -0.0184 e. The Bertz CT molecular complexity index is 289. The van der Waals surface area contributed by atoms with Crippen molar-refractivity contribution >= 4 is 22.5 Å². The van der Waals surface area contributed by atoms with E-state index < -0.39 is 0 Å². The maximum absolute atomic E-state index is 2.12. The Morgan fingerprint density at radius 2 is 0.923 bits per heavy atom. The summed E-state index contributed by atoms with van der Waals surface area (Å²) in [6, 6.07) is 16.7. The molecule has 0 atom stereocenters. The molecule has 0 amide bonds. The molecular formula is C12H14S. The Kier molecular flexibility index (Phi) is 4.41. The van der Waals surface area contributed by atoms with E-state index in [0.29, 0.717) is 0 Å². The molecule has 0 fully saturated rings. The van der Waals surface area contributed by atoms with Gasteiger partial charge in [0.1, 0.15) is 0 Å². The van der Waals surface area contributed by atoms with Crippen molar-refractivity contribution in [2.75, 3.05) is 12.5 Å². The van der Waals surface area contributed by atoms with Gasteiger partial charge in [-0.25, -0.2) is 0 Å². The van der Waals surface area contributed by atoms with Gasteiger partial charge in [0.2, 0.25) is 0 Å². The summed E-state index contributed by atoms with van der Waals surface area (Å²) in [5, 5.41) is 2.62. The van der Waals surface area contributed by atoms with Crippen LogP contribution in [0.25, 0.3) is 10.8 Å². The summed E-state index contributed by atoms with van der Waals surface area (Å²) in [5.74, 6) is 0. The molecule has 0 heterocycles. The van der Waals surface area contributed by atoms with Crippen LogP contribution in [0, 0.1) is 0 Å². The molecule has 2 aromatic rings. The average Bonchev–Trinajstić information content (AvgIpc) is 2.19. The van der Waals surface area contributed by atoms with Gasteiger partial charge in [0.05, 0.1) is 0 Å². The zero-order chi connectivity index (χ0) is 9.52. The second-order valence-electron chi connectivity index (χ2n) is 2.76. The zero-order valence-corrected chi connectivity index (χ0v) is 8.84. The molecule has 0 aliphatic rings. The second kappa shape index (κ2) is 5.65. The molecular weight excluding hydrogens is 176 g/mol. The minimum atomic E-state index is 1.31. The Hall–Kier alpha value is -0.950. The van der Waals surface area contributed by atoms with E-state index in [-0.39, 0.29) is 0 Å². The normalized spacial score (nSPS) is 9.08. The quantitative estimate of drug-likeness (QED) is 0.608. The smallest absolute Gasteiger partial charge is 0.0184 e. The van der Waals surface area contributed by atoms with Gasteiger partial charge in [-0.2, -0.15) is 11.8 Å². The molecule has 2 rings (SSSR count). The minimum Gasteiger partial charge on any atom is -0.169 e. The van der Waals surface area contributed by atoms with Crippen molar-refractivity contribution in [1.82, 2.24) is 0 Å². The van der Waals surface area contributed by atoms with Crippen LogP contribution < -0.4 is 0 Å². The van der Waals surface area contributed by atoms with Gasteiger partial charge in [-0.3, -0.25) is 0 Å². The van der Waals surface area contributed by atoms with Crippen molar-refractivity contribution in [1.29, 1.82) is 0 Å². The lowest BCUT2D eigenvalue weighted by Gasteiger charge is -1.92. The maximum atomic E-state index is 2.12. The van der Waals surface area contributed by atoms with Crippen LogP contribution in [0.1, 0.15) is 0 Å². The topological polar surface area (TPSA) is 0 Å². The highest BCUT2D eigenvalue weighted by Gasteiger charge is 1.85. The first kappa shape index (κ1) is 10.1. The highest BCUT2D eigenvalue weighted by molar-refractivity contribution is 7.97. The van der Waals surface area contributed by atoms with Crippen LogP contribution in [-0.2, 0) is 0 Å². The number of hydrogen-bond acceptors (Lipinski definition) is 1. The van der Waals surface area contributed by atoms with E-state index >= 15 is 0 Å². The molecule has 0 bridgehead atoms. The van der Waals surface area contributed by atoms with Gasteiger partial charge in [-0.15, -0.1) is 0 Å². The van der Waals surface area contributed by atoms with Gasteiger partial charge >= 0.3 is 0 Å². The lowest BCUT2D eigenvalue weighted by atomic mass is 10.1. The molecule has 0 saturated heterocycles. The van der Waals surface area contributed by atoms with Crippen molar-refractivity contribution in [3.63, 3.8) is 0 Å². The molecule has 2 aromatic carbocycles. The van der Waals surface area contributed by atoms with E-state index in [9.17, 15) is 0 Å². The average molecular weight is 190 g/mol. The predicted molar refractivity (Wildman–Crippen MR) is 63.4 cm³/mol. The number of benzene rings is 2. The molecule has 0 aliphatic carbocycles. The van der Waals surface area contributed by atoms with Crippen LogP contribution in [0.15, 0.2) is 48.5 Å². The third kappa shape index (κ3) is 3.11. The van der Waals surface area contributed by atoms with Crippen molar-refractivity contribution in [2.45, 2.75) is 0 Å². The van der Waals surface area contributed by atoms with Crippen LogP contribution in [0.2, 0.25) is 0 Å². The van der Waals surface area contributed by atoms with Crippen LogP contribution in [-0.4, -0.2) is 12.5 Å². The summed E-state index contributed by atoms with van der Waals surface area (Å²) in [6.45, 7) is 0. The van der Waals surface area contributed by atoms with Gasteiger partial charge in [0, 0.05) is 0 Å². The lowest BCUT2D eigenvalue weighted by molar-refractivity contribution is 1.75. The van der Waals surface area contributed by atoms with E-state index in [1.54, 1.807) is 11.8 Å². The monoisotopic (exact) mass is 190 g/mol. The van der Waals surface area contributed by atoms with Crippen LogP contribution in [0.5, 0.6) is 0 Å². The van der Waals surface area contributed by atoms with Crippen molar-refractivity contribution < 1.29 is 0 Å². The third-order valence-electron chi connectivity index (χ3n) is 1.66. The van der Waals surface area contributed by atoms with Gasteiger partial charge in [0.25, 0.3) is 0 Å². The molecule has 0 unspecified atom stereocenters. The summed E-state index contributed by atoms with van der Waals surface area (Å²) in [7, 11) is 0. The molecule has 1 heteroatoms. The van der Waals surface area contributed by atoms with E-state index in [4.69, 9.17) is 0 Å². The third-order valence-corrected chi connectivity index (χ3v) is 1.66. The van der Waals surface area contributed by atoms with Crippen molar-refractivity contribution in [2.24, 2.45) is 0 Å². The molecule has 0 saturated carbocycles. The lowest BCUT2D eigenvalue weighted by Crippen LogP contribution is -1.67. The molecule has 0 N–H and O–H groups in total. The van der Waals surface area contributed by atoms with Gasteiger partial charge in [-0.1, -0.05) is 48.5 Å². The molecule has 13 heavy (non-hydrogen) atoms. The molecule has 0 nitrogen and oxygen atoms in total. The fourth-order valence-corrected chi connectivity index (χ4v) is 1.13. The molecule has 0 aliphatic heterocycles. The molecule has 0 aromatic heterocycles. The van der Waals surface area contributed by atoms with Crippen LogP contribution in [0.3, 0.4) is 0 Å². The SMILES string of the molecule is CSC.c1ccc2ccccc2c1. The summed E-state index contributed by atoms with van der Waals surface area (Å²) in [5.41, 5.74) is 0. The van der Waals surface area contributed by atoms with Gasteiger partial charge in [-0.05, 0) is 23.3 Å². The fourth-order valence-electron chi connectivity index (χ4n) is 1.13. The Morgan fingerprint density at radius 3 is 1.15 bits per heavy atom.